The molecule has 0 atom stereocenters. The van der Waals surface area contributed by atoms with Crippen LogP contribution in [0.25, 0.3) is 11.5 Å². The highest BCUT2D eigenvalue weighted by Crippen LogP contribution is 2.26. The van der Waals surface area contributed by atoms with Crippen LogP contribution >= 0.6 is 11.6 Å². The molecule has 2 heterocycles. The molecule has 1 aliphatic heterocycles. The number of rotatable bonds is 6. The van der Waals surface area contributed by atoms with Crippen LogP contribution < -0.4 is 5.32 Å². The van der Waals surface area contributed by atoms with Crippen LogP contribution in [0.3, 0.4) is 0 Å². The van der Waals surface area contributed by atoms with E-state index in [1.807, 2.05) is 49.4 Å². The molecule has 1 aliphatic rings. The number of likely N-dealkylation sites (tertiary alicyclic amines) is 1. The molecule has 2 aromatic carbocycles. The van der Waals surface area contributed by atoms with Gasteiger partial charge in [0.15, 0.2) is 0 Å². The molecule has 0 spiro atoms. The first kappa shape index (κ1) is 21.6. The van der Waals surface area contributed by atoms with Gasteiger partial charge in [0.05, 0.1) is 5.69 Å². The molecule has 0 unspecified atom stereocenters. The third-order valence-electron chi connectivity index (χ3n) is 6.01. The Bertz CT molecular complexity index is 1050. The Morgan fingerprint density at radius 1 is 1.13 bits per heavy atom. The van der Waals surface area contributed by atoms with Crippen LogP contribution in [-0.4, -0.2) is 28.9 Å². The number of piperidine rings is 1. The zero-order valence-electron chi connectivity index (χ0n) is 18.0. The molecule has 0 aliphatic carbocycles. The first-order valence-corrected chi connectivity index (χ1v) is 11.1. The topological polar surface area (TPSA) is 58.4 Å². The summed E-state index contributed by atoms with van der Waals surface area (Å²) in [6, 6.07) is 15.7. The van der Waals surface area contributed by atoms with Crippen molar-refractivity contribution in [2.24, 2.45) is 5.92 Å². The van der Waals surface area contributed by atoms with Crippen LogP contribution in [-0.2, 0) is 17.9 Å². The van der Waals surface area contributed by atoms with Crippen LogP contribution in [0.15, 0.2) is 52.9 Å². The molecular weight excluding hydrogens is 410 g/mol. The second-order valence-corrected chi connectivity index (χ2v) is 8.60. The zero-order valence-corrected chi connectivity index (χ0v) is 18.8. The van der Waals surface area contributed by atoms with E-state index in [0.29, 0.717) is 17.5 Å². The van der Waals surface area contributed by atoms with Crippen molar-refractivity contribution in [1.29, 1.82) is 0 Å². The van der Waals surface area contributed by atoms with Gasteiger partial charge >= 0.3 is 0 Å². The minimum absolute atomic E-state index is 0.0414. The van der Waals surface area contributed by atoms with Crippen LogP contribution in [0, 0.1) is 19.8 Å². The van der Waals surface area contributed by atoms with Crippen molar-refractivity contribution in [1.82, 2.24) is 15.2 Å². The van der Waals surface area contributed by atoms with Gasteiger partial charge in [-0.2, -0.15) is 0 Å². The number of oxazole rings is 1. The summed E-state index contributed by atoms with van der Waals surface area (Å²) in [5.41, 5.74) is 4.10. The number of nitrogens with zero attached hydrogens (tertiary/aromatic N) is 2. The average molecular weight is 438 g/mol. The number of nitrogens with one attached hydrogen (secondary N) is 1. The molecule has 6 heteroatoms. The molecule has 1 amide bonds. The largest absolute Gasteiger partial charge is 0.441 e. The smallest absolute Gasteiger partial charge is 0.226 e. The number of hydrogen-bond donors (Lipinski definition) is 1. The molecule has 1 N–H and O–H groups in total. The highest BCUT2D eigenvalue weighted by atomic mass is 35.5. The first-order valence-electron chi connectivity index (χ1n) is 10.8. The number of benzene rings is 2. The molecule has 1 saturated heterocycles. The summed E-state index contributed by atoms with van der Waals surface area (Å²) in [5.74, 6) is 1.69. The van der Waals surface area contributed by atoms with Crippen molar-refractivity contribution in [3.8, 4) is 11.5 Å². The van der Waals surface area contributed by atoms with Gasteiger partial charge in [0.25, 0.3) is 0 Å². The maximum absolute atomic E-state index is 12.6. The number of halogens is 1. The van der Waals surface area contributed by atoms with Gasteiger partial charge in [-0.25, -0.2) is 4.98 Å². The molecule has 1 fully saturated rings. The van der Waals surface area contributed by atoms with Crippen molar-refractivity contribution in [3.05, 3.63) is 76.1 Å². The second-order valence-electron chi connectivity index (χ2n) is 8.20. The molecule has 1 aromatic heterocycles. The molecule has 3 aromatic rings. The number of aromatic nitrogens is 1. The Morgan fingerprint density at radius 2 is 1.84 bits per heavy atom. The standard InChI is InChI=1S/C25H28ClN3O2/c1-17-7-3-5-9-21(17)25-28-23(18(2)31-25)16-29-13-11-19(12-14-29)24(30)27-15-20-8-4-6-10-22(20)26/h3-10,19H,11-16H2,1-2H3,(H,27,30). The number of carbonyl (C=O) groups is 1. The van der Waals surface area contributed by atoms with Gasteiger partial charge in [-0.3, -0.25) is 9.69 Å². The summed E-state index contributed by atoms with van der Waals surface area (Å²) in [4.78, 5) is 19.7. The predicted octanol–water partition coefficient (Wildman–Crippen LogP) is 5.14. The summed E-state index contributed by atoms with van der Waals surface area (Å²) in [6.07, 6.45) is 1.69. The van der Waals surface area contributed by atoms with Crippen LogP contribution in [0.2, 0.25) is 5.02 Å². The molecule has 31 heavy (non-hydrogen) atoms. The molecule has 5 nitrogen and oxygen atoms in total. The molecule has 4 rings (SSSR count). The van der Waals surface area contributed by atoms with E-state index in [4.69, 9.17) is 21.0 Å². The van der Waals surface area contributed by atoms with Crippen LogP contribution in [0.4, 0.5) is 0 Å². The lowest BCUT2D eigenvalue weighted by Crippen LogP contribution is -2.40. The van der Waals surface area contributed by atoms with Gasteiger partial charge in [-0.1, -0.05) is 48.0 Å². The van der Waals surface area contributed by atoms with Gasteiger partial charge in [0, 0.05) is 29.6 Å². The van der Waals surface area contributed by atoms with Crippen LogP contribution in [0.1, 0.15) is 35.4 Å². The van der Waals surface area contributed by atoms with Crippen LogP contribution in [0.5, 0.6) is 0 Å². The Labute approximate surface area is 188 Å². The molecule has 0 saturated carbocycles. The van der Waals surface area contributed by atoms with Gasteiger partial charge < -0.3 is 9.73 Å². The van der Waals surface area contributed by atoms with Gasteiger partial charge in [-0.05, 0) is 63.0 Å². The van der Waals surface area contributed by atoms with Gasteiger partial charge in [0.2, 0.25) is 11.8 Å². The maximum atomic E-state index is 12.6. The maximum Gasteiger partial charge on any atom is 0.226 e. The van der Waals surface area contributed by atoms with E-state index in [-0.39, 0.29) is 11.8 Å². The fourth-order valence-electron chi connectivity index (χ4n) is 4.04. The van der Waals surface area contributed by atoms with E-state index in [1.54, 1.807) is 0 Å². The van der Waals surface area contributed by atoms with Crippen molar-refractivity contribution in [3.63, 3.8) is 0 Å². The Morgan fingerprint density at radius 3 is 2.58 bits per heavy atom. The lowest BCUT2D eigenvalue weighted by Gasteiger charge is -2.30. The first-order chi connectivity index (χ1) is 15.0. The summed E-state index contributed by atoms with van der Waals surface area (Å²) >= 11 is 6.18. The predicted molar refractivity (Wildman–Crippen MR) is 123 cm³/mol. The van der Waals surface area contributed by atoms with Gasteiger partial charge in [0.1, 0.15) is 5.76 Å². The molecule has 162 valence electrons. The average Bonchev–Trinajstić information content (AvgIpc) is 3.13. The number of hydrogen-bond acceptors (Lipinski definition) is 4. The van der Waals surface area contributed by atoms with E-state index >= 15 is 0 Å². The Balaban J connectivity index is 1.30. The summed E-state index contributed by atoms with van der Waals surface area (Å²) in [6.45, 7) is 7.00. The highest BCUT2D eigenvalue weighted by Gasteiger charge is 2.26. The third-order valence-corrected chi connectivity index (χ3v) is 6.38. The quantitative estimate of drug-likeness (QED) is 0.580. The Hall–Kier alpha value is -2.63. The number of aryl methyl sites for hydroxylation is 2. The summed E-state index contributed by atoms with van der Waals surface area (Å²) in [5, 5.41) is 3.73. The second kappa shape index (κ2) is 9.67. The van der Waals surface area contributed by atoms with Crippen molar-refractivity contribution in [2.45, 2.75) is 39.8 Å². The summed E-state index contributed by atoms with van der Waals surface area (Å²) < 4.78 is 5.95. The zero-order chi connectivity index (χ0) is 21.8. The van der Waals surface area contributed by atoms with E-state index < -0.39 is 0 Å². The van der Waals surface area contributed by atoms with E-state index in [0.717, 1.165) is 60.6 Å². The van der Waals surface area contributed by atoms with Gasteiger partial charge in [-0.15, -0.1) is 0 Å². The van der Waals surface area contributed by atoms with E-state index in [1.165, 1.54) is 0 Å². The van der Waals surface area contributed by atoms with Crippen molar-refractivity contribution < 1.29 is 9.21 Å². The fraction of sp³-hybridized carbons (Fsp3) is 0.360. The minimum atomic E-state index is 0.0414. The van der Waals surface area contributed by atoms with E-state index in [2.05, 4.69) is 23.2 Å². The molecule has 0 bridgehead atoms. The normalized spacial score (nSPS) is 15.2. The summed E-state index contributed by atoms with van der Waals surface area (Å²) in [7, 11) is 0. The van der Waals surface area contributed by atoms with Crippen molar-refractivity contribution in [2.75, 3.05) is 13.1 Å². The van der Waals surface area contributed by atoms with E-state index in [9.17, 15) is 4.79 Å². The lowest BCUT2D eigenvalue weighted by molar-refractivity contribution is -0.126. The van der Waals surface area contributed by atoms with Crippen molar-refractivity contribution >= 4 is 17.5 Å². The third kappa shape index (κ3) is 5.17. The molecule has 0 radical (unpaired) electrons. The number of carbonyl (C=O) groups excluding carboxylic acids is 1. The Kier molecular flexibility index (Phi) is 6.73. The lowest BCUT2D eigenvalue weighted by atomic mass is 9.95. The monoisotopic (exact) mass is 437 g/mol. The fourth-order valence-corrected chi connectivity index (χ4v) is 4.24. The molecular formula is C25H28ClN3O2. The highest BCUT2D eigenvalue weighted by molar-refractivity contribution is 6.31. The minimum Gasteiger partial charge on any atom is -0.441 e. The SMILES string of the molecule is Cc1ccccc1-c1nc(CN2CCC(C(=O)NCc3ccccc3Cl)CC2)c(C)o1. The number of amides is 1.